The van der Waals surface area contributed by atoms with Crippen molar-refractivity contribution < 1.29 is 14.1 Å². The molecule has 2 aromatic heterocycles. The molecule has 3 aromatic rings. The predicted molar refractivity (Wildman–Crippen MR) is 107 cm³/mol. The Hall–Kier alpha value is -3.09. The third-order valence-corrected chi connectivity index (χ3v) is 4.65. The number of carbonyl (C=O) groups is 1. The molecule has 0 unspecified atom stereocenters. The van der Waals surface area contributed by atoms with Gasteiger partial charge in [0.1, 0.15) is 18.1 Å². The van der Waals surface area contributed by atoms with E-state index in [-0.39, 0.29) is 24.0 Å². The van der Waals surface area contributed by atoms with Gasteiger partial charge in [-0.25, -0.2) is 4.98 Å². The molecule has 28 heavy (non-hydrogen) atoms. The van der Waals surface area contributed by atoms with Crippen LogP contribution in [0.5, 0.6) is 5.75 Å². The highest BCUT2D eigenvalue weighted by molar-refractivity contribution is 5.93. The number of nitrogens with zero attached hydrogens (tertiary/aromatic N) is 2. The van der Waals surface area contributed by atoms with Gasteiger partial charge < -0.3 is 14.6 Å². The number of anilines is 1. The molecule has 0 atom stereocenters. The smallest absolute Gasteiger partial charge is 0.287 e. The van der Waals surface area contributed by atoms with Crippen molar-refractivity contribution in [3.63, 3.8) is 0 Å². The van der Waals surface area contributed by atoms with Gasteiger partial charge in [-0.1, -0.05) is 19.9 Å². The van der Waals surface area contributed by atoms with Gasteiger partial charge in [0, 0.05) is 18.1 Å². The molecule has 0 aliphatic heterocycles. The minimum Gasteiger partial charge on any atom is -0.485 e. The van der Waals surface area contributed by atoms with E-state index >= 15 is 0 Å². The zero-order valence-electron chi connectivity index (χ0n) is 16.6. The van der Waals surface area contributed by atoms with Crippen LogP contribution in [0, 0.1) is 19.8 Å². The lowest BCUT2D eigenvalue weighted by molar-refractivity contribution is -0.120. The second-order valence-corrected chi connectivity index (χ2v) is 6.88. The minimum atomic E-state index is -0.303. The van der Waals surface area contributed by atoms with E-state index in [1.54, 1.807) is 13.0 Å². The first-order valence-corrected chi connectivity index (χ1v) is 9.45. The molecule has 7 nitrogen and oxygen atoms in total. The van der Waals surface area contributed by atoms with Gasteiger partial charge in [0.15, 0.2) is 5.65 Å². The van der Waals surface area contributed by atoms with Gasteiger partial charge in [0.05, 0.1) is 11.4 Å². The molecule has 0 bridgehead atoms. The van der Waals surface area contributed by atoms with Gasteiger partial charge in [-0.05, 0) is 44.4 Å². The lowest BCUT2D eigenvalue weighted by Crippen LogP contribution is -2.22. The first-order chi connectivity index (χ1) is 13.4. The van der Waals surface area contributed by atoms with Crippen LogP contribution in [0.4, 0.5) is 5.69 Å². The summed E-state index contributed by atoms with van der Waals surface area (Å²) in [6.07, 6.45) is 1.56. The monoisotopic (exact) mass is 383 g/mol. The Labute approximate surface area is 163 Å². The SMILES string of the molecule is CCC(CC)C(=O)Nc1ccc(C)cc1OCc1cc(=O)n2oc(C)cc2n1. The van der Waals surface area contributed by atoms with Crippen LogP contribution in [0.25, 0.3) is 5.65 Å². The van der Waals surface area contributed by atoms with Crippen LogP contribution in [0.2, 0.25) is 0 Å². The van der Waals surface area contributed by atoms with Crippen LogP contribution in [0.1, 0.15) is 43.7 Å². The lowest BCUT2D eigenvalue weighted by atomic mass is 10.0. The highest BCUT2D eigenvalue weighted by Crippen LogP contribution is 2.27. The summed E-state index contributed by atoms with van der Waals surface area (Å²) < 4.78 is 12.3. The van der Waals surface area contributed by atoms with E-state index in [9.17, 15) is 9.59 Å². The number of fused-ring (bicyclic) bond motifs is 1. The average molecular weight is 383 g/mol. The quantitative estimate of drug-likeness (QED) is 0.670. The summed E-state index contributed by atoms with van der Waals surface area (Å²) in [6, 6.07) is 8.68. The van der Waals surface area contributed by atoms with Gasteiger partial charge in [-0.3, -0.25) is 9.59 Å². The Morgan fingerprint density at radius 1 is 1.21 bits per heavy atom. The van der Waals surface area contributed by atoms with Crippen molar-refractivity contribution in [1.82, 2.24) is 9.56 Å². The Morgan fingerprint density at radius 2 is 1.96 bits per heavy atom. The van der Waals surface area contributed by atoms with E-state index in [1.165, 1.54) is 6.07 Å². The molecule has 3 rings (SSSR count). The zero-order chi connectivity index (χ0) is 20.3. The minimum absolute atomic E-state index is 0.0228. The largest absolute Gasteiger partial charge is 0.485 e. The van der Waals surface area contributed by atoms with Crippen molar-refractivity contribution in [1.29, 1.82) is 0 Å². The number of nitrogens with one attached hydrogen (secondary N) is 1. The molecule has 0 saturated heterocycles. The number of hydrogen-bond donors (Lipinski definition) is 1. The fourth-order valence-electron chi connectivity index (χ4n) is 3.05. The zero-order valence-corrected chi connectivity index (χ0v) is 16.6. The van der Waals surface area contributed by atoms with E-state index in [0.29, 0.717) is 28.5 Å². The molecule has 1 aromatic carbocycles. The molecule has 0 fully saturated rings. The fraction of sp³-hybridized carbons (Fsp3) is 0.381. The van der Waals surface area contributed by atoms with E-state index in [4.69, 9.17) is 9.26 Å². The van der Waals surface area contributed by atoms with Crippen molar-refractivity contribution >= 4 is 17.2 Å². The molecule has 1 N–H and O–H groups in total. The summed E-state index contributed by atoms with van der Waals surface area (Å²) in [6.45, 7) is 7.81. The van der Waals surface area contributed by atoms with Crippen LogP contribution >= 0.6 is 0 Å². The summed E-state index contributed by atoms with van der Waals surface area (Å²) in [5, 5.41) is 2.96. The number of amides is 1. The maximum Gasteiger partial charge on any atom is 0.287 e. The molecule has 0 saturated carbocycles. The number of hydrogen-bond acceptors (Lipinski definition) is 5. The standard InChI is InChI=1S/C21H25N3O4/c1-5-15(6-2)21(26)23-17-8-7-13(3)9-18(17)27-12-16-11-20(25)24-19(22-16)10-14(4)28-24/h7-11,15H,5-6,12H2,1-4H3,(H,23,26). The average Bonchev–Trinajstić information content (AvgIpc) is 3.04. The van der Waals surface area contributed by atoms with Crippen molar-refractivity contribution in [2.45, 2.75) is 47.1 Å². The van der Waals surface area contributed by atoms with E-state index in [2.05, 4.69) is 10.3 Å². The lowest BCUT2D eigenvalue weighted by Gasteiger charge is -2.16. The first kappa shape index (κ1) is 19.7. The number of aryl methyl sites for hydroxylation is 2. The topological polar surface area (TPSA) is 85.8 Å². The number of rotatable bonds is 7. The Balaban J connectivity index is 1.81. The summed E-state index contributed by atoms with van der Waals surface area (Å²) in [4.78, 5) is 29.0. The van der Waals surface area contributed by atoms with Crippen molar-refractivity contribution in [2.75, 3.05) is 5.32 Å². The third kappa shape index (κ3) is 4.24. The second kappa shape index (κ2) is 8.29. The first-order valence-electron chi connectivity index (χ1n) is 9.45. The van der Waals surface area contributed by atoms with E-state index in [0.717, 1.165) is 23.0 Å². The molecule has 0 aliphatic carbocycles. The van der Waals surface area contributed by atoms with Gasteiger partial charge in [0.2, 0.25) is 5.91 Å². The van der Waals surface area contributed by atoms with Crippen LogP contribution < -0.4 is 15.6 Å². The Kier molecular flexibility index (Phi) is 5.82. The molecule has 1 amide bonds. The third-order valence-electron chi connectivity index (χ3n) is 4.65. The maximum atomic E-state index is 12.4. The number of ether oxygens (including phenoxy) is 1. The number of carbonyl (C=O) groups excluding carboxylic acids is 1. The maximum absolute atomic E-state index is 12.4. The van der Waals surface area contributed by atoms with Crippen molar-refractivity contribution in [3.8, 4) is 5.75 Å². The summed E-state index contributed by atoms with van der Waals surface area (Å²) >= 11 is 0. The predicted octanol–water partition coefficient (Wildman–Crippen LogP) is 3.86. The summed E-state index contributed by atoms with van der Waals surface area (Å²) in [5.74, 6) is 1.09. The highest BCUT2D eigenvalue weighted by Gasteiger charge is 2.16. The van der Waals surface area contributed by atoms with Crippen LogP contribution in [0.15, 0.2) is 39.6 Å². The number of aromatic nitrogens is 2. The van der Waals surface area contributed by atoms with E-state index in [1.807, 2.05) is 39.0 Å². The van der Waals surface area contributed by atoms with Crippen LogP contribution in [-0.4, -0.2) is 15.5 Å². The van der Waals surface area contributed by atoms with Crippen LogP contribution in [0.3, 0.4) is 0 Å². The molecule has 7 heteroatoms. The second-order valence-electron chi connectivity index (χ2n) is 6.88. The molecule has 0 radical (unpaired) electrons. The molecule has 0 spiro atoms. The van der Waals surface area contributed by atoms with Gasteiger partial charge >= 0.3 is 0 Å². The highest BCUT2D eigenvalue weighted by atomic mass is 16.5. The Morgan fingerprint density at radius 3 is 2.68 bits per heavy atom. The molecule has 0 aliphatic rings. The van der Waals surface area contributed by atoms with Gasteiger partial charge in [-0.2, -0.15) is 0 Å². The molecule has 148 valence electrons. The van der Waals surface area contributed by atoms with Crippen LogP contribution in [-0.2, 0) is 11.4 Å². The summed E-state index contributed by atoms with van der Waals surface area (Å²) in [5.41, 5.74) is 2.24. The van der Waals surface area contributed by atoms with Crippen molar-refractivity contribution in [2.24, 2.45) is 5.92 Å². The Bertz CT molecular complexity index is 1050. The normalized spacial score (nSPS) is 11.2. The molecular weight excluding hydrogens is 358 g/mol. The molecular formula is C21H25N3O4. The summed E-state index contributed by atoms with van der Waals surface area (Å²) in [7, 11) is 0. The number of benzene rings is 1. The molecule has 2 heterocycles. The fourth-order valence-corrected chi connectivity index (χ4v) is 3.05. The van der Waals surface area contributed by atoms with E-state index < -0.39 is 0 Å². The van der Waals surface area contributed by atoms with Gasteiger partial charge in [-0.15, -0.1) is 4.57 Å². The van der Waals surface area contributed by atoms with Gasteiger partial charge in [0.25, 0.3) is 5.56 Å². The van der Waals surface area contributed by atoms with Crippen molar-refractivity contribution in [3.05, 3.63) is 57.7 Å².